The van der Waals surface area contributed by atoms with Crippen LogP contribution in [0.15, 0.2) is 39.9 Å². The number of aryl methyl sites for hydroxylation is 1. The van der Waals surface area contributed by atoms with Gasteiger partial charge in [-0.05, 0) is 31.2 Å². The molecule has 0 aliphatic heterocycles. The maximum atomic E-state index is 12.4. The van der Waals surface area contributed by atoms with Gasteiger partial charge in [-0.25, -0.2) is 8.42 Å². The van der Waals surface area contributed by atoms with E-state index in [1.807, 2.05) is 0 Å². The number of hydrogen-bond acceptors (Lipinski definition) is 5. The van der Waals surface area contributed by atoms with E-state index in [9.17, 15) is 26.4 Å². The third-order valence-electron chi connectivity index (χ3n) is 2.72. The number of nitrogens with zero attached hydrogens (tertiary/aromatic N) is 1. The van der Waals surface area contributed by atoms with E-state index in [-0.39, 0.29) is 11.3 Å². The predicted molar refractivity (Wildman–Crippen MR) is 68.9 cm³/mol. The molecule has 0 saturated carbocycles. The summed E-state index contributed by atoms with van der Waals surface area (Å²) >= 11 is 0. The zero-order valence-corrected chi connectivity index (χ0v) is 11.8. The average Bonchev–Trinajstić information content (AvgIpc) is 2.84. The highest BCUT2D eigenvalue weighted by Gasteiger charge is 2.46. The molecule has 1 aromatic heterocycles. The Balaban J connectivity index is 2.20. The third-order valence-corrected chi connectivity index (χ3v) is 4.22. The predicted octanol–water partition coefficient (Wildman–Crippen LogP) is 2.53. The Kier molecular flexibility index (Phi) is 3.96. The summed E-state index contributed by atoms with van der Waals surface area (Å²) in [6.07, 6.45) is 1.12. The van der Waals surface area contributed by atoms with Crippen molar-refractivity contribution in [3.63, 3.8) is 0 Å². The molecule has 1 N–H and O–H groups in total. The highest BCUT2D eigenvalue weighted by Crippen LogP contribution is 2.30. The Morgan fingerprint density at radius 2 is 1.82 bits per heavy atom. The Hall–Kier alpha value is -2.36. The lowest BCUT2D eigenvalue weighted by Gasteiger charge is -2.09. The highest BCUT2D eigenvalue weighted by molar-refractivity contribution is 7.92. The number of sulfone groups is 1. The fourth-order valence-corrected chi connectivity index (χ4v) is 2.32. The van der Waals surface area contributed by atoms with E-state index >= 15 is 0 Å². The number of amides is 1. The molecule has 0 aliphatic carbocycles. The van der Waals surface area contributed by atoms with Crippen LogP contribution in [0, 0.1) is 6.92 Å². The Labute approximate surface area is 122 Å². The molecule has 2 rings (SSSR count). The molecule has 2 aromatic rings. The first-order valence-electron chi connectivity index (χ1n) is 5.76. The maximum absolute atomic E-state index is 12.4. The van der Waals surface area contributed by atoms with Crippen LogP contribution in [0.1, 0.15) is 16.1 Å². The van der Waals surface area contributed by atoms with Crippen molar-refractivity contribution in [3.8, 4) is 0 Å². The summed E-state index contributed by atoms with van der Waals surface area (Å²) in [5.41, 5.74) is -4.75. The summed E-state index contributed by atoms with van der Waals surface area (Å²) in [7, 11) is -5.41. The number of nitrogens with one attached hydrogen (secondary N) is 1. The van der Waals surface area contributed by atoms with E-state index < -0.39 is 26.1 Å². The minimum atomic E-state index is -5.41. The average molecular weight is 334 g/mol. The van der Waals surface area contributed by atoms with E-state index in [0.717, 1.165) is 30.5 Å². The first-order valence-corrected chi connectivity index (χ1v) is 7.25. The van der Waals surface area contributed by atoms with Crippen molar-refractivity contribution in [2.45, 2.75) is 17.3 Å². The van der Waals surface area contributed by atoms with Gasteiger partial charge in [0.25, 0.3) is 15.7 Å². The number of alkyl halides is 3. The molecule has 0 unspecified atom stereocenters. The van der Waals surface area contributed by atoms with Crippen molar-refractivity contribution < 1.29 is 30.9 Å². The number of carbonyl (C=O) groups excluding carboxylic acids is 1. The van der Waals surface area contributed by atoms with Crippen LogP contribution >= 0.6 is 0 Å². The summed E-state index contributed by atoms with van der Waals surface area (Å²) < 4.78 is 64.1. The quantitative estimate of drug-likeness (QED) is 0.932. The lowest BCUT2D eigenvalue weighted by molar-refractivity contribution is -0.0436. The van der Waals surface area contributed by atoms with Crippen molar-refractivity contribution in [2.75, 3.05) is 5.32 Å². The molecule has 0 bridgehead atoms. The van der Waals surface area contributed by atoms with E-state index in [2.05, 4.69) is 15.0 Å². The summed E-state index contributed by atoms with van der Waals surface area (Å²) in [6.45, 7) is 1.54. The number of anilines is 1. The van der Waals surface area contributed by atoms with E-state index in [1.54, 1.807) is 0 Å². The number of benzene rings is 1. The number of halogens is 3. The van der Waals surface area contributed by atoms with Crippen LogP contribution < -0.4 is 5.32 Å². The number of aromatic nitrogens is 1. The van der Waals surface area contributed by atoms with E-state index in [4.69, 9.17) is 0 Å². The second-order valence-electron chi connectivity index (χ2n) is 4.24. The molecule has 0 atom stereocenters. The number of rotatable bonds is 3. The van der Waals surface area contributed by atoms with Crippen molar-refractivity contribution in [1.29, 1.82) is 0 Å². The van der Waals surface area contributed by atoms with Gasteiger partial charge in [-0.1, -0.05) is 5.16 Å². The maximum Gasteiger partial charge on any atom is 0.501 e. The Morgan fingerprint density at radius 1 is 1.23 bits per heavy atom. The normalized spacial score (nSPS) is 12.2. The molecule has 1 amide bonds. The van der Waals surface area contributed by atoms with Gasteiger partial charge in [-0.15, -0.1) is 0 Å². The zero-order valence-electron chi connectivity index (χ0n) is 11.0. The zero-order chi connectivity index (χ0) is 16.5. The van der Waals surface area contributed by atoms with Gasteiger partial charge in [0.2, 0.25) is 0 Å². The van der Waals surface area contributed by atoms with E-state index in [1.165, 1.54) is 6.92 Å². The van der Waals surface area contributed by atoms with Crippen molar-refractivity contribution in [2.24, 2.45) is 0 Å². The van der Waals surface area contributed by atoms with Crippen LogP contribution in [0.2, 0.25) is 0 Å². The molecule has 22 heavy (non-hydrogen) atoms. The van der Waals surface area contributed by atoms with Crippen molar-refractivity contribution >= 4 is 21.4 Å². The SMILES string of the molecule is Cc1nocc1C(=O)Nc1ccc(S(=O)(=O)C(F)(F)F)cc1. The molecule has 10 heteroatoms. The molecule has 0 fully saturated rings. The lowest BCUT2D eigenvalue weighted by atomic mass is 10.2. The molecular formula is C12H9F3N2O4S. The van der Waals surface area contributed by atoms with Crippen LogP contribution in [-0.4, -0.2) is 25.0 Å². The second-order valence-corrected chi connectivity index (χ2v) is 6.18. The fraction of sp³-hybridized carbons (Fsp3) is 0.167. The largest absolute Gasteiger partial charge is 0.501 e. The topological polar surface area (TPSA) is 89.3 Å². The lowest BCUT2D eigenvalue weighted by Crippen LogP contribution is -2.23. The molecule has 0 saturated heterocycles. The fourth-order valence-electron chi connectivity index (χ4n) is 1.56. The minimum absolute atomic E-state index is 0.131. The van der Waals surface area contributed by atoms with Crippen molar-refractivity contribution in [3.05, 3.63) is 41.8 Å². The monoisotopic (exact) mass is 334 g/mol. The standard InChI is InChI=1S/C12H9F3N2O4S/c1-7-10(6-21-17-7)11(18)16-8-2-4-9(5-3-8)22(19,20)12(13,14)15/h2-6H,1H3,(H,16,18). The molecule has 1 aromatic carbocycles. The van der Waals surface area contributed by atoms with Gasteiger partial charge in [0, 0.05) is 5.69 Å². The van der Waals surface area contributed by atoms with Crippen LogP contribution in [0.4, 0.5) is 18.9 Å². The molecule has 1 heterocycles. The van der Waals surface area contributed by atoms with Gasteiger partial charge in [0.15, 0.2) is 0 Å². The highest BCUT2D eigenvalue weighted by atomic mass is 32.2. The van der Waals surface area contributed by atoms with E-state index in [0.29, 0.717) is 5.69 Å². The summed E-state index contributed by atoms with van der Waals surface area (Å²) in [5.74, 6) is -0.579. The van der Waals surface area contributed by atoms with Gasteiger partial charge in [-0.2, -0.15) is 13.2 Å². The third kappa shape index (κ3) is 2.96. The van der Waals surface area contributed by atoms with Crippen LogP contribution in [0.3, 0.4) is 0 Å². The summed E-state index contributed by atoms with van der Waals surface area (Å²) in [6, 6.07) is 3.64. The Morgan fingerprint density at radius 3 is 2.27 bits per heavy atom. The second kappa shape index (κ2) is 5.44. The number of carbonyl (C=O) groups is 1. The first-order chi connectivity index (χ1) is 10.1. The first kappa shape index (κ1) is 16.0. The summed E-state index contributed by atoms with van der Waals surface area (Å²) in [4.78, 5) is 10.9. The Bertz CT molecular complexity index is 795. The number of hydrogen-bond donors (Lipinski definition) is 1. The van der Waals surface area contributed by atoms with Gasteiger partial charge in [0.1, 0.15) is 11.8 Å². The van der Waals surface area contributed by atoms with Crippen LogP contribution in [0.5, 0.6) is 0 Å². The van der Waals surface area contributed by atoms with Gasteiger partial charge in [0.05, 0.1) is 10.6 Å². The molecular weight excluding hydrogens is 325 g/mol. The smallest absolute Gasteiger partial charge is 0.364 e. The molecule has 6 nitrogen and oxygen atoms in total. The minimum Gasteiger partial charge on any atom is -0.364 e. The van der Waals surface area contributed by atoms with Crippen LogP contribution in [0.25, 0.3) is 0 Å². The molecule has 118 valence electrons. The molecule has 0 radical (unpaired) electrons. The van der Waals surface area contributed by atoms with Crippen LogP contribution in [-0.2, 0) is 9.84 Å². The van der Waals surface area contributed by atoms with Gasteiger partial charge < -0.3 is 9.84 Å². The van der Waals surface area contributed by atoms with Crippen molar-refractivity contribution in [1.82, 2.24) is 5.16 Å². The molecule has 0 spiro atoms. The van der Waals surface area contributed by atoms with Gasteiger partial charge in [-0.3, -0.25) is 4.79 Å². The van der Waals surface area contributed by atoms with Gasteiger partial charge >= 0.3 is 5.51 Å². The summed E-state index contributed by atoms with van der Waals surface area (Å²) in [5, 5.41) is 5.90. The molecule has 0 aliphatic rings.